The van der Waals surface area contributed by atoms with E-state index in [0.29, 0.717) is 6.54 Å². The van der Waals surface area contributed by atoms with Gasteiger partial charge in [0.1, 0.15) is 11.5 Å². The minimum Gasteiger partial charge on any atom is -0.361 e. The van der Waals surface area contributed by atoms with Crippen LogP contribution >= 0.6 is 0 Å². The lowest BCUT2D eigenvalue weighted by Crippen LogP contribution is -2.33. The SMILES string of the molecule is CC(=O)N1CCCc2cc(-c3noc(C)c3CN)ccc21. The van der Waals surface area contributed by atoms with E-state index in [9.17, 15) is 4.79 Å². The maximum absolute atomic E-state index is 11.7. The Morgan fingerprint density at radius 1 is 1.48 bits per heavy atom. The molecule has 0 aliphatic carbocycles. The molecule has 5 heteroatoms. The van der Waals surface area contributed by atoms with E-state index in [-0.39, 0.29) is 5.91 Å². The molecule has 2 aromatic rings. The first-order valence-electron chi connectivity index (χ1n) is 7.18. The molecule has 0 saturated carbocycles. The van der Waals surface area contributed by atoms with E-state index in [0.717, 1.165) is 47.7 Å². The topological polar surface area (TPSA) is 72.4 Å². The van der Waals surface area contributed by atoms with Gasteiger partial charge in [-0.3, -0.25) is 4.79 Å². The summed E-state index contributed by atoms with van der Waals surface area (Å²) >= 11 is 0. The van der Waals surface area contributed by atoms with Crippen LogP contribution in [0.1, 0.15) is 30.2 Å². The Hall–Kier alpha value is -2.14. The van der Waals surface area contributed by atoms with Gasteiger partial charge in [-0.1, -0.05) is 11.2 Å². The molecule has 1 aliphatic rings. The van der Waals surface area contributed by atoms with E-state index >= 15 is 0 Å². The zero-order valence-electron chi connectivity index (χ0n) is 12.3. The molecule has 1 aromatic carbocycles. The molecule has 21 heavy (non-hydrogen) atoms. The Morgan fingerprint density at radius 3 is 3.00 bits per heavy atom. The third-order valence-corrected chi connectivity index (χ3v) is 4.04. The van der Waals surface area contributed by atoms with Crippen molar-refractivity contribution in [3.8, 4) is 11.3 Å². The Morgan fingerprint density at radius 2 is 2.29 bits per heavy atom. The van der Waals surface area contributed by atoms with E-state index < -0.39 is 0 Å². The van der Waals surface area contributed by atoms with Crippen LogP contribution in [0.2, 0.25) is 0 Å². The summed E-state index contributed by atoms with van der Waals surface area (Å²) in [6.45, 7) is 4.67. The summed E-state index contributed by atoms with van der Waals surface area (Å²) in [6.07, 6.45) is 1.96. The fourth-order valence-corrected chi connectivity index (χ4v) is 2.93. The number of hydrogen-bond donors (Lipinski definition) is 1. The van der Waals surface area contributed by atoms with Crippen LogP contribution in [0.15, 0.2) is 22.7 Å². The Kier molecular flexibility index (Phi) is 3.51. The van der Waals surface area contributed by atoms with Crippen molar-refractivity contribution in [2.75, 3.05) is 11.4 Å². The normalized spacial score (nSPS) is 14.1. The molecule has 0 fully saturated rings. The van der Waals surface area contributed by atoms with Crippen molar-refractivity contribution in [2.45, 2.75) is 33.2 Å². The quantitative estimate of drug-likeness (QED) is 0.919. The third-order valence-electron chi connectivity index (χ3n) is 4.04. The summed E-state index contributed by atoms with van der Waals surface area (Å²) in [7, 11) is 0. The number of fused-ring (bicyclic) bond motifs is 1. The molecule has 0 atom stereocenters. The summed E-state index contributed by atoms with van der Waals surface area (Å²) in [5.41, 5.74) is 10.7. The zero-order valence-corrected chi connectivity index (χ0v) is 12.3. The number of aromatic nitrogens is 1. The van der Waals surface area contributed by atoms with Gasteiger partial charge in [0, 0.05) is 36.8 Å². The summed E-state index contributed by atoms with van der Waals surface area (Å²) in [5.74, 6) is 0.846. The van der Waals surface area contributed by atoms with Gasteiger partial charge in [0.25, 0.3) is 0 Å². The fraction of sp³-hybridized carbons (Fsp3) is 0.375. The van der Waals surface area contributed by atoms with Crippen LogP contribution in [-0.2, 0) is 17.8 Å². The van der Waals surface area contributed by atoms with Gasteiger partial charge in [0.15, 0.2) is 0 Å². The molecule has 110 valence electrons. The van der Waals surface area contributed by atoms with Gasteiger partial charge in [0.2, 0.25) is 5.91 Å². The number of nitrogens with zero attached hydrogens (tertiary/aromatic N) is 2. The number of hydrogen-bond acceptors (Lipinski definition) is 4. The van der Waals surface area contributed by atoms with Crippen LogP contribution in [0.3, 0.4) is 0 Å². The van der Waals surface area contributed by atoms with E-state index in [1.165, 1.54) is 5.56 Å². The summed E-state index contributed by atoms with van der Waals surface area (Å²) in [5, 5.41) is 4.12. The fourth-order valence-electron chi connectivity index (χ4n) is 2.93. The molecular formula is C16H19N3O2. The van der Waals surface area contributed by atoms with Crippen LogP contribution in [0.4, 0.5) is 5.69 Å². The minimum atomic E-state index is 0.0867. The Bertz CT molecular complexity index is 691. The van der Waals surface area contributed by atoms with Gasteiger partial charge in [-0.15, -0.1) is 0 Å². The number of nitrogens with two attached hydrogens (primary N) is 1. The lowest BCUT2D eigenvalue weighted by Gasteiger charge is -2.28. The first-order valence-corrected chi connectivity index (χ1v) is 7.18. The Labute approximate surface area is 123 Å². The molecule has 0 saturated heterocycles. The molecule has 0 radical (unpaired) electrons. The molecule has 0 unspecified atom stereocenters. The van der Waals surface area contributed by atoms with Crippen molar-refractivity contribution in [1.82, 2.24) is 5.16 Å². The number of amides is 1. The van der Waals surface area contributed by atoms with Gasteiger partial charge in [-0.2, -0.15) is 0 Å². The van der Waals surface area contributed by atoms with Gasteiger partial charge >= 0.3 is 0 Å². The van der Waals surface area contributed by atoms with Crippen molar-refractivity contribution in [3.05, 3.63) is 35.1 Å². The molecule has 1 amide bonds. The van der Waals surface area contributed by atoms with E-state index in [1.807, 2.05) is 24.0 Å². The van der Waals surface area contributed by atoms with Crippen LogP contribution in [0.5, 0.6) is 0 Å². The molecule has 1 aliphatic heterocycles. The van der Waals surface area contributed by atoms with Gasteiger partial charge in [-0.05, 0) is 37.5 Å². The van der Waals surface area contributed by atoms with Crippen LogP contribution in [0, 0.1) is 6.92 Å². The molecule has 0 bridgehead atoms. The summed E-state index contributed by atoms with van der Waals surface area (Å²) in [4.78, 5) is 13.5. The number of carbonyl (C=O) groups is 1. The second kappa shape index (κ2) is 5.33. The number of rotatable bonds is 2. The first-order chi connectivity index (χ1) is 10.1. The predicted molar refractivity (Wildman–Crippen MR) is 80.9 cm³/mol. The van der Waals surface area contributed by atoms with E-state index in [2.05, 4.69) is 11.2 Å². The van der Waals surface area contributed by atoms with Crippen LogP contribution < -0.4 is 10.6 Å². The average Bonchev–Trinajstić information content (AvgIpc) is 2.86. The van der Waals surface area contributed by atoms with Gasteiger partial charge in [-0.25, -0.2) is 0 Å². The second-order valence-electron chi connectivity index (χ2n) is 5.39. The highest BCUT2D eigenvalue weighted by molar-refractivity contribution is 5.93. The highest BCUT2D eigenvalue weighted by Crippen LogP contribution is 2.33. The maximum atomic E-state index is 11.7. The van der Waals surface area contributed by atoms with Crippen LogP contribution in [-0.4, -0.2) is 17.6 Å². The highest BCUT2D eigenvalue weighted by atomic mass is 16.5. The van der Waals surface area contributed by atoms with Crippen molar-refractivity contribution in [3.63, 3.8) is 0 Å². The second-order valence-corrected chi connectivity index (χ2v) is 5.39. The standard InChI is InChI=1S/C16H19N3O2/c1-10-14(9-17)16(18-21-10)13-5-6-15-12(8-13)4-3-7-19(15)11(2)20/h5-6,8H,3-4,7,9,17H2,1-2H3. The highest BCUT2D eigenvalue weighted by Gasteiger charge is 2.21. The lowest BCUT2D eigenvalue weighted by molar-refractivity contribution is -0.116. The summed E-state index contributed by atoms with van der Waals surface area (Å²) < 4.78 is 5.25. The first kappa shape index (κ1) is 13.8. The van der Waals surface area contributed by atoms with Crippen molar-refractivity contribution < 1.29 is 9.32 Å². The predicted octanol–water partition coefficient (Wildman–Crippen LogP) is 2.41. The average molecular weight is 285 g/mol. The monoisotopic (exact) mass is 285 g/mol. The minimum absolute atomic E-state index is 0.0867. The number of aryl methyl sites for hydroxylation is 2. The van der Waals surface area contributed by atoms with Gasteiger partial charge < -0.3 is 15.2 Å². The van der Waals surface area contributed by atoms with Crippen molar-refractivity contribution in [1.29, 1.82) is 0 Å². The maximum Gasteiger partial charge on any atom is 0.223 e. The van der Waals surface area contributed by atoms with E-state index in [4.69, 9.17) is 10.3 Å². The smallest absolute Gasteiger partial charge is 0.223 e. The molecule has 2 N–H and O–H groups in total. The van der Waals surface area contributed by atoms with Crippen molar-refractivity contribution in [2.24, 2.45) is 5.73 Å². The summed E-state index contributed by atoms with van der Waals surface area (Å²) in [6, 6.07) is 6.08. The van der Waals surface area contributed by atoms with Crippen LogP contribution in [0.25, 0.3) is 11.3 Å². The van der Waals surface area contributed by atoms with Gasteiger partial charge in [0.05, 0.1) is 0 Å². The molecular weight excluding hydrogens is 266 g/mol. The number of anilines is 1. The number of carbonyl (C=O) groups excluding carboxylic acids is 1. The zero-order chi connectivity index (χ0) is 15.0. The molecule has 0 spiro atoms. The lowest BCUT2D eigenvalue weighted by atomic mass is 9.96. The molecule has 5 nitrogen and oxygen atoms in total. The van der Waals surface area contributed by atoms with E-state index in [1.54, 1.807) is 6.92 Å². The van der Waals surface area contributed by atoms with Crippen molar-refractivity contribution >= 4 is 11.6 Å². The third kappa shape index (κ3) is 2.34. The molecule has 2 heterocycles. The Balaban J connectivity index is 2.05. The molecule has 3 rings (SSSR count). The number of benzene rings is 1. The largest absolute Gasteiger partial charge is 0.361 e. The molecule has 1 aromatic heterocycles.